The third kappa shape index (κ3) is 2.71. The quantitative estimate of drug-likeness (QED) is 0.885. The SMILES string of the molecule is Cc1ccccc1-c1cn[nH]c1CC1CCCCN1. The summed E-state index contributed by atoms with van der Waals surface area (Å²) in [6.45, 7) is 3.31. The molecule has 1 aliphatic heterocycles. The van der Waals surface area contributed by atoms with Crippen LogP contribution in [-0.2, 0) is 6.42 Å². The second-order valence-corrected chi connectivity index (χ2v) is 5.43. The molecule has 3 nitrogen and oxygen atoms in total. The molecule has 2 heterocycles. The Bertz CT molecular complexity index is 538. The molecule has 1 atom stereocenters. The van der Waals surface area contributed by atoms with Crippen LogP contribution in [0.4, 0.5) is 0 Å². The minimum absolute atomic E-state index is 0.594. The number of benzene rings is 1. The van der Waals surface area contributed by atoms with Gasteiger partial charge in [-0.2, -0.15) is 5.10 Å². The van der Waals surface area contributed by atoms with Crippen LogP contribution in [0, 0.1) is 6.92 Å². The van der Waals surface area contributed by atoms with Crippen LogP contribution in [0.2, 0.25) is 0 Å². The Morgan fingerprint density at radius 1 is 1.21 bits per heavy atom. The zero-order valence-corrected chi connectivity index (χ0v) is 11.4. The van der Waals surface area contributed by atoms with E-state index in [1.807, 2.05) is 6.20 Å². The molecule has 0 saturated carbocycles. The van der Waals surface area contributed by atoms with Crippen LogP contribution < -0.4 is 5.32 Å². The number of piperidine rings is 1. The van der Waals surface area contributed by atoms with E-state index in [-0.39, 0.29) is 0 Å². The van der Waals surface area contributed by atoms with E-state index in [2.05, 4.69) is 46.7 Å². The van der Waals surface area contributed by atoms with Crippen molar-refractivity contribution in [2.45, 2.75) is 38.6 Å². The standard InChI is InChI=1S/C16H21N3/c1-12-6-2-3-8-14(12)15-11-18-19-16(15)10-13-7-4-5-9-17-13/h2-3,6,8,11,13,17H,4-5,7,9-10H2,1H3,(H,18,19). The first kappa shape index (κ1) is 12.4. The Balaban J connectivity index is 1.84. The summed E-state index contributed by atoms with van der Waals surface area (Å²) in [6.07, 6.45) is 6.92. The molecule has 1 unspecified atom stereocenters. The lowest BCUT2D eigenvalue weighted by Crippen LogP contribution is -2.35. The first-order chi connectivity index (χ1) is 9.34. The maximum Gasteiger partial charge on any atom is 0.0568 e. The zero-order valence-electron chi connectivity index (χ0n) is 11.4. The van der Waals surface area contributed by atoms with Crippen LogP contribution in [0.5, 0.6) is 0 Å². The van der Waals surface area contributed by atoms with Crippen molar-refractivity contribution in [3.05, 3.63) is 41.7 Å². The molecule has 1 saturated heterocycles. The number of H-pyrrole nitrogens is 1. The van der Waals surface area contributed by atoms with E-state index in [4.69, 9.17) is 0 Å². The molecule has 1 aliphatic rings. The van der Waals surface area contributed by atoms with E-state index >= 15 is 0 Å². The molecule has 3 heteroatoms. The van der Waals surface area contributed by atoms with E-state index in [1.54, 1.807) is 0 Å². The van der Waals surface area contributed by atoms with Gasteiger partial charge in [-0.3, -0.25) is 5.10 Å². The van der Waals surface area contributed by atoms with Gasteiger partial charge in [-0.1, -0.05) is 30.7 Å². The predicted octanol–water partition coefficient (Wildman–Crippen LogP) is 3.07. The Hall–Kier alpha value is -1.61. The van der Waals surface area contributed by atoms with Crippen LogP contribution in [0.15, 0.2) is 30.5 Å². The average molecular weight is 255 g/mol. The highest BCUT2D eigenvalue weighted by Gasteiger charge is 2.17. The van der Waals surface area contributed by atoms with E-state index in [0.717, 1.165) is 13.0 Å². The molecule has 0 amide bonds. The second kappa shape index (κ2) is 5.57. The molecule has 2 N–H and O–H groups in total. The van der Waals surface area contributed by atoms with Crippen molar-refractivity contribution in [1.29, 1.82) is 0 Å². The Labute approximate surface area is 114 Å². The van der Waals surface area contributed by atoms with Crippen molar-refractivity contribution in [2.75, 3.05) is 6.54 Å². The smallest absolute Gasteiger partial charge is 0.0568 e. The molecule has 1 fully saturated rings. The molecule has 0 aliphatic carbocycles. The monoisotopic (exact) mass is 255 g/mol. The van der Waals surface area contributed by atoms with Gasteiger partial charge in [0.05, 0.1) is 6.20 Å². The van der Waals surface area contributed by atoms with E-state index in [1.165, 1.54) is 41.6 Å². The Kier molecular flexibility index (Phi) is 3.65. The molecule has 0 bridgehead atoms. The van der Waals surface area contributed by atoms with Crippen molar-refractivity contribution in [1.82, 2.24) is 15.5 Å². The lowest BCUT2D eigenvalue weighted by molar-refractivity contribution is 0.397. The van der Waals surface area contributed by atoms with Gasteiger partial charge >= 0.3 is 0 Å². The number of nitrogens with one attached hydrogen (secondary N) is 2. The van der Waals surface area contributed by atoms with Gasteiger partial charge in [-0.15, -0.1) is 0 Å². The number of aromatic amines is 1. The fraction of sp³-hybridized carbons (Fsp3) is 0.438. The number of rotatable bonds is 3. The third-order valence-corrected chi connectivity index (χ3v) is 4.02. The first-order valence-electron chi connectivity index (χ1n) is 7.16. The number of aryl methyl sites for hydroxylation is 1. The maximum atomic E-state index is 4.25. The molecule has 2 aromatic rings. The summed E-state index contributed by atoms with van der Waals surface area (Å²) in [4.78, 5) is 0. The number of aromatic nitrogens is 2. The molecule has 3 rings (SSSR count). The summed E-state index contributed by atoms with van der Waals surface area (Å²) >= 11 is 0. The topological polar surface area (TPSA) is 40.7 Å². The van der Waals surface area contributed by atoms with Gasteiger partial charge in [0.1, 0.15) is 0 Å². The van der Waals surface area contributed by atoms with Gasteiger partial charge in [-0.25, -0.2) is 0 Å². The minimum atomic E-state index is 0.594. The normalized spacial score (nSPS) is 19.5. The van der Waals surface area contributed by atoms with Gasteiger partial charge in [0.25, 0.3) is 0 Å². The highest BCUT2D eigenvalue weighted by atomic mass is 15.1. The number of nitrogens with zero attached hydrogens (tertiary/aromatic N) is 1. The highest BCUT2D eigenvalue weighted by molar-refractivity contribution is 5.68. The molecule has 0 spiro atoms. The van der Waals surface area contributed by atoms with E-state index < -0.39 is 0 Å². The van der Waals surface area contributed by atoms with Crippen LogP contribution in [-0.4, -0.2) is 22.8 Å². The maximum absolute atomic E-state index is 4.25. The van der Waals surface area contributed by atoms with Crippen molar-refractivity contribution in [2.24, 2.45) is 0 Å². The largest absolute Gasteiger partial charge is 0.314 e. The van der Waals surface area contributed by atoms with Crippen LogP contribution >= 0.6 is 0 Å². The molecule has 1 aromatic carbocycles. The molecule has 100 valence electrons. The summed E-state index contributed by atoms with van der Waals surface area (Å²) in [6, 6.07) is 9.11. The van der Waals surface area contributed by atoms with Gasteiger partial charge in [-0.05, 0) is 37.4 Å². The summed E-state index contributed by atoms with van der Waals surface area (Å²) in [5, 5.41) is 11.0. The van der Waals surface area contributed by atoms with Crippen LogP contribution in [0.1, 0.15) is 30.5 Å². The van der Waals surface area contributed by atoms with Crippen molar-refractivity contribution in [3.8, 4) is 11.1 Å². The predicted molar refractivity (Wildman–Crippen MR) is 78.1 cm³/mol. The molecular weight excluding hydrogens is 234 g/mol. The van der Waals surface area contributed by atoms with Crippen molar-refractivity contribution >= 4 is 0 Å². The van der Waals surface area contributed by atoms with Crippen LogP contribution in [0.25, 0.3) is 11.1 Å². The van der Waals surface area contributed by atoms with Crippen molar-refractivity contribution in [3.63, 3.8) is 0 Å². The van der Waals surface area contributed by atoms with Gasteiger partial charge < -0.3 is 5.32 Å². The molecule has 0 radical (unpaired) electrons. The molecule has 19 heavy (non-hydrogen) atoms. The number of hydrogen-bond acceptors (Lipinski definition) is 2. The highest BCUT2D eigenvalue weighted by Crippen LogP contribution is 2.26. The fourth-order valence-electron chi connectivity index (χ4n) is 2.92. The van der Waals surface area contributed by atoms with Gasteiger partial charge in [0.15, 0.2) is 0 Å². The summed E-state index contributed by atoms with van der Waals surface area (Å²) in [7, 11) is 0. The fourth-order valence-corrected chi connectivity index (χ4v) is 2.92. The minimum Gasteiger partial charge on any atom is -0.314 e. The Morgan fingerprint density at radius 2 is 2.11 bits per heavy atom. The summed E-state index contributed by atoms with van der Waals surface area (Å²) < 4.78 is 0. The van der Waals surface area contributed by atoms with Gasteiger partial charge in [0, 0.05) is 23.7 Å². The number of hydrogen-bond donors (Lipinski definition) is 2. The summed E-state index contributed by atoms with van der Waals surface area (Å²) in [5.74, 6) is 0. The second-order valence-electron chi connectivity index (χ2n) is 5.43. The van der Waals surface area contributed by atoms with E-state index in [9.17, 15) is 0 Å². The molecule has 1 aromatic heterocycles. The average Bonchev–Trinajstić information content (AvgIpc) is 2.88. The lowest BCUT2D eigenvalue weighted by atomic mass is 9.95. The lowest BCUT2D eigenvalue weighted by Gasteiger charge is -2.23. The zero-order chi connectivity index (χ0) is 13.1. The van der Waals surface area contributed by atoms with Gasteiger partial charge in [0.2, 0.25) is 0 Å². The third-order valence-electron chi connectivity index (χ3n) is 4.02. The van der Waals surface area contributed by atoms with Crippen LogP contribution in [0.3, 0.4) is 0 Å². The Morgan fingerprint density at radius 3 is 2.89 bits per heavy atom. The van der Waals surface area contributed by atoms with Crippen molar-refractivity contribution < 1.29 is 0 Å². The first-order valence-corrected chi connectivity index (χ1v) is 7.16. The van der Waals surface area contributed by atoms with E-state index in [0.29, 0.717) is 6.04 Å². The molecular formula is C16H21N3. The summed E-state index contributed by atoms with van der Waals surface area (Å²) in [5.41, 5.74) is 5.11.